The van der Waals surface area contributed by atoms with Crippen molar-refractivity contribution in [3.63, 3.8) is 0 Å². The summed E-state index contributed by atoms with van der Waals surface area (Å²) >= 11 is 0. The standard InChI is InChI=1S/C19H26O3/c1-2-6-16-17(19(22)13-18(16)21)12-11-15(20)10-9-14-7-4-3-5-8-14/h2-5,7-8,11-12,15-22H,1,6,9-10,13H2/t15-,16+,17+,18-,19+/m0/s1. The van der Waals surface area contributed by atoms with E-state index in [0.29, 0.717) is 19.3 Å². The minimum Gasteiger partial charge on any atom is -0.393 e. The fourth-order valence-electron chi connectivity index (χ4n) is 3.21. The van der Waals surface area contributed by atoms with Gasteiger partial charge in [-0.1, -0.05) is 48.6 Å². The van der Waals surface area contributed by atoms with E-state index in [9.17, 15) is 15.3 Å². The molecule has 0 aromatic heterocycles. The van der Waals surface area contributed by atoms with Gasteiger partial charge in [0, 0.05) is 12.3 Å². The second-order valence-electron chi connectivity index (χ2n) is 6.11. The van der Waals surface area contributed by atoms with Gasteiger partial charge in [0.2, 0.25) is 0 Å². The van der Waals surface area contributed by atoms with E-state index in [1.807, 2.05) is 36.4 Å². The van der Waals surface area contributed by atoms with Crippen molar-refractivity contribution in [2.45, 2.75) is 44.0 Å². The van der Waals surface area contributed by atoms with Crippen LogP contribution in [-0.2, 0) is 6.42 Å². The van der Waals surface area contributed by atoms with Gasteiger partial charge in [-0.05, 0) is 30.7 Å². The molecule has 22 heavy (non-hydrogen) atoms. The van der Waals surface area contributed by atoms with Crippen molar-refractivity contribution in [3.05, 3.63) is 60.7 Å². The summed E-state index contributed by atoms with van der Waals surface area (Å²) in [5.41, 5.74) is 1.20. The number of aliphatic hydroxyl groups is 3. The molecular weight excluding hydrogens is 276 g/mol. The van der Waals surface area contributed by atoms with Gasteiger partial charge in [-0.25, -0.2) is 0 Å². The highest BCUT2D eigenvalue weighted by atomic mass is 16.3. The molecule has 0 spiro atoms. The fraction of sp³-hybridized carbons (Fsp3) is 0.474. The third-order valence-electron chi connectivity index (χ3n) is 4.48. The molecule has 0 unspecified atom stereocenters. The van der Waals surface area contributed by atoms with E-state index in [4.69, 9.17) is 0 Å². The molecule has 0 radical (unpaired) electrons. The highest BCUT2D eigenvalue weighted by Gasteiger charge is 2.39. The summed E-state index contributed by atoms with van der Waals surface area (Å²) in [4.78, 5) is 0. The number of allylic oxidation sites excluding steroid dienone is 1. The Labute approximate surface area is 132 Å². The Kier molecular flexibility index (Phi) is 6.37. The number of hydrogen-bond acceptors (Lipinski definition) is 3. The van der Waals surface area contributed by atoms with E-state index >= 15 is 0 Å². The van der Waals surface area contributed by atoms with E-state index in [1.165, 1.54) is 5.56 Å². The van der Waals surface area contributed by atoms with Crippen molar-refractivity contribution < 1.29 is 15.3 Å². The molecule has 2 rings (SSSR count). The lowest BCUT2D eigenvalue weighted by Gasteiger charge is -2.19. The largest absolute Gasteiger partial charge is 0.393 e. The van der Waals surface area contributed by atoms with Crippen LogP contribution in [0.15, 0.2) is 55.1 Å². The first-order valence-electron chi connectivity index (χ1n) is 7.99. The van der Waals surface area contributed by atoms with Crippen LogP contribution in [0.5, 0.6) is 0 Å². The Morgan fingerprint density at radius 1 is 1.18 bits per heavy atom. The van der Waals surface area contributed by atoms with Gasteiger partial charge in [-0.3, -0.25) is 0 Å². The summed E-state index contributed by atoms with van der Waals surface area (Å²) < 4.78 is 0. The monoisotopic (exact) mass is 302 g/mol. The first kappa shape index (κ1) is 16.9. The summed E-state index contributed by atoms with van der Waals surface area (Å²) in [7, 11) is 0. The van der Waals surface area contributed by atoms with Gasteiger partial charge >= 0.3 is 0 Å². The van der Waals surface area contributed by atoms with Gasteiger partial charge in [0.05, 0.1) is 18.3 Å². The molecular formula is C19H26O3. The molecule has 1 fully saturated rings. The number of benzene rings is 1. The zero-order valence-corrected chi connectivity index (χ0v) is 12.9. The van der Waals surface area contributed by atoms with E-state index in [0.717, 1.165) is 6.42 Å². The van der Waals surface area contributed by atoms with Crippen molar-refractivity contribution in [1.29, 1.82) is 0 Å². The number of aliphatic hydroxyl groups excluding tert-OH is 3. The molecule has 0 bridgehead atoms. The SMILES string of the molecule is C=CC[C@@H]1[C@@H](C=C[C@@H](O)CCc2ccccc2)[C@H](O)C[C@@H]1O. The molecule has 0 aliphatic heterocycles. The summed E-state index contributed by atoms with van der Waals surface area (Å²) in [6.07, 6.45) is 6.36. The zero-order valence-electron chi connectivity index (χ0n) is 12.9. The quantitative estimate of drug-likeness (QED) is 0.678. The molecule has 1 aromatic rings. The van der Waals surface area contributed by atoms with E-state index in [1.54, 1.807) is 12.2 Å². The molecule has 3 N–H and O–H groups in total. The van der Waals surface area contributed by atoms with E-state index in [-0.39, 0.29) is 11.8 Å². The van der Waals surface area contributed by atoms with Crippen molar-refractivity contribution in [2.24, 2.45) is 11.8 Å². The van der Waals surface area contributed by atoms with Gasteiger partial charge in [0.25, 0.3) is 0 Å². The Morgan fingerprint density at radius 2 is 1.91 bits per heavy atom. The minimum absolute atomic E-state index is 0.00919. The van der Waals surface area contributed by atoms with Gasteiger partial charge in [-0.15, -0.1) is 6.58 Å². The van der Waals surface area contributed by atoms with E-state index in [2.05, 4.69) is 6.58 Å². The Morgan fingerprint density at radius 3 is 2.59 bits per heavy atom. The van der Waals surface area contributed by atoms with Crippen LogP contribution in [0.4, 0.5) is 0 Å². The second kappa shape index (κ2) is 8.28. The third-order valence-corrected chi connectivity index (χ3v) is 4.48. The maximum absolute atomic E-state index is 10.1. The molecule has 0 saturated heterocycles. The summed E-state index contributed by atoms with van der Waals surface area (Å²) in [6, 6.07) is 10.1. The first-order valence-corrected chi connectivity index (χ1v) is 7.99. The molecule has 5 atom stereocenters. The number of aryl methyl sites for hydroxylation is 1. The predicted octanol–water partition coefficient (Wildman–Crippen LogP) is 2.47. The topological polar surface area (TPSA) is 60.7 Å². The highest BCUT2D eigenvalue weighted by Crippen LogP contribution is 2.36. The summed E-state index contributed by atoms with van der Waals surface area (Å²) in [5.74, 6) is -0.121. The predicted molar refractivity (Wildman–Crippen MR) is 88.3 cm³/mol. The van der Waals surface area contributed by atoms with Crippen LogP contribution in [0.1, 0.15) is 24.8 Å². The van der Waals surface area contributed by atoms with Crippen LogP contribution in [0.25, 0.3) is 0 Å². The van der Waals surface area contributed by atoms with Gasteiger partial charge in [0.15, 0.2) is 0 Å². The Hall–Kier alpha value is -1.42. The second-order valence-corrected chi connectivity index (χ2v) is 6.11. The van der Waals surface area contributed by atoms with Crippen LogP contribution in [0, 0.1) is 11.8 Å². The molecule has 1 aromatic carbocycles. The average molecular weight is 302 g/mol. The summed E-state index contributed by atoms with van der Waals surface area (Å²) in [5, 5.41) is 30.1. The van der Waals surface area contributed by atoms with Gasteiger partial charge in [-0.2, -0.15) is 0 Å². The van der Waals surface area contributed by atoms with Crippen LogP contribution in [-0.4, -0.2) is 33.6 Å². The zero-order chi connectivity index (χ0) is 15.9. The third kappa shape index (κ3) is 4.54. The maximum atomic E-state index is 10.1. The molecule has 1 aliphatic carbocycles. The van der Waals surface area contributed by atoms with Crippen molar-refractivity contribution in [2.75, 3.05) is 0 Å². The lowest BCUT2D eigenvalue weighted by molar-refractivity contribution is 0.120. The molecule has 0 heterocycles. The molecule has 120 valence electrons. The molecule has 1 saturated carbocycles. The average Bonchev–Trinajstić information content (AvgIpc) is 2.78. The minimum atomic E-state index is -0.544. The molecule has 0 amide bonds. The molecule has 1 aliphatic rings. The Bertz CT molecular complexity index is 483. The van der Waals surface area contributed by atoms with Gasteiger partial charge < -0.3 is 15.3 Å². The van der Waals surface area contributed by atoms with Crippen molar-refractivity contribution >= 4 is 0 Å². The number of hydrogen-bond donors (Lipinski definition) is 3. The lowest BCUT2D eigenvalue weighted by Crippen LogP contribution is -2.20. The van der Waals surface area contributed by atoms with Crippen molar-refractivity contribution in [1.82, 2.24) is 0 Å². The van der Waals surface area contributed by atoms with Crippen molar-refractivity contribution in [3.8, 4) is 0 Å². The number of rotatable bonds is 7. The maximum Gasteiger partial charge on any atom is 0.0724 e. The normalized spacial score (nSPS) is 29.8. The van der Waals surface area contributed by atoms with Gasteiger partial charge in [0.1, 0.15) is 0 Å². The lowest BCUT2D eigenvalue weighted by atomic mass is 9.90. The smallest absolute Gasteiger partial charge is 0.0724 e. The molecule has 3 nitrogen and oxygen atoms in total. The van der Waals surface area contributed by atoms with Crippen LogP contribution in [0.3, 0.4) is 0 Å². The fourth-order valence-corrected chi connectivity index (χ4v) is 3.21. The first-order chi connectivity index (χ1) is 10.6. The van der Waals surface area contributed by atoms with E-state index < -0.39 is 18.3 Å². The van der Waals surface area contributed by atoms with Crippen LogP contribution in [0.2, 0.25) is 0 Å². The van der Waals surface area contributed by atoms with Crippen LogP contribution < -0.4 is 0 Å². The summed E-state index contributed by atoms with van der Waals surface area (Å²) in [6.45, 7) is 3.71. The molecule has 3 heteroatoms. The Balaban J connectivity index is 1.87. The van der Waals surface area contributed by atoms with Crippen LogP contribution >= 0.6 is 0 Å². The highest BCUT2D eigenvalue weighted by molar-refractivity contribution is 5.15.